The van der Waals surface area contributed by atoms with Crippen molar-refractivity contribution in [3.8, 4) is 11.8 Å². The van der Waals surface area contributed by atoms with Gasteiger partial charge in [-0.2, -0.15) is 4.68 Å². The summed E-state index contributed by atoms with van der Waals surface area (Å²) < 4.78 is 10.7. The lowest BCUT2D eigenvalue weighted by atomic mass is 10.1. The molecule has 1 amide bonds. The van der Waals surface area contributed by atoms with Crippen LogP contribution in [0.15, 0.2) is 27.4 Å². The Bertz CT molecular complexity index is 723. The second kappa shape index (κ2) is 7.13. The van der Waals surface area contributed by atoms with Crippen LogP contribution in [-0.2, 0) is 4.79 Å². The van der Waals surface area contributed by atoms with Gasteiger partial charge in [0.2, 0.25) is 5.91 Å². The summed E-state index contributed by atoms with van der Waals surface area (Å²) in [5.74, 6) is -0.297. The van der Waals surface area contributed by atoms with E-state index in [2.05, 4.69) is 10.4 Å². The topological polar surface area (TPSA) is 86.4 Å². The molecular weight excluding hydrogens is 310 g/mol. The highest BCUT2D eigenvalue weighted by atomic mass is 35.5. The zero-order valence-corrected chi connectivity index (χ0v) is 13.0. The zero-order chi connectivity index (χ0) is 16.1. The van der Waals surface area contributed by atoms with Crippen LogP contribution in [0.3, 0.4) is 0 Å². The molecule has 0 saturated heterocycles. The van der Waals surface area contributed by atoms with E-state index in [4.69, 9.17) is 20.8 Å². The number of nitrogens with one attached hydrogen (secondary N) is 1. The molecule has 0 aliphatic carbocycles. The normalized spacial score (nSPS) is 10.5. The van der Waals surface area contributed by atoms with Gasteiger partial charge in [-0.3, -0.25) is 4.79 Å². The lowest BCUT2D eigenvalue weighted by Crippen LogP contribution is -2.15. The van der Waals surface area contributed by atoms with Crippen LogP contribution in [0.25, 0.3) is 5.69 Å². The number of carbonyl (C=O) groups excluding carboxylic acids is 1. The van der Waals surface area contributed by atoms with Crippen LogP contribution in [0.2, 0.25) is 0 Å². The van der Waals surface area contributed by atoms with Gasteiger partial charge in [-0.1, -0.05) is 5.10 Å². The van der Waals surface area contributed by atoms with Gasteiger partial charge in [0, 0.05) is 18.0 Å². The maximum absolute atomic E-state index is 11.7. The van der Waals surface area contributed by atoms with Crippen molar-refractivity contribution < 1.29 is 13.9 Å². The third-order valence-electron chi connectivity index (χ3n) is 2.97. The van der Waals surface area contributed by atoms with Crippen LogP contribution in [-0.4, -0.2) is 28.7 Å². The molecule has 0 fully saturated rings. The second-order valence-corrected chi connectivity index (χ2v) is 4.97. The van der Waals surface area contributed by atoms with Gasteiger partial charge in [-0.25, -0.2) is 4.79 Å². The molecule has 0 atom stereocenters. The number of carbonyl (C=O) groups is 1. The molecule has 1 N–H and O–H groups in total. The van der Waals surface area contributed by atoms with Crippen molar-refractivity contribution in [1.29, 1.82) is 0 Å². The first kappa shape index (κ1) is 16.1. The van der Waals surface area contributed by atoms with Crippen molar-refractivity contribution in [2.45, 2.75) is 19.8 Å². The van der Waals surface area contributed by atoms with Gasteiger partial charge >= 0.3 is 11.8 Å². The standard InChI is InChI=1S/C14H16ClN3O4/c1-9-8-10(18-14(20)22-13(17-18)21-2)5-6-11(9)16-12(19)4-3-7-15/h5-6,8H,3-4,7H2,1-2H3,(H,16,19). The maximum Gasteiger partial charge on any atom is 0.444 e. The maximum atomic E-state index is 11.7. The van der Waals surface area contributed by atoms with Gasteiger partial charge in [0.05, 0.1) is 12.8 Å². The summed E-state index contributed by atoms with van der Waals surface area (Å²) in [4.78, 5) is 23.4. The van der Waals surface area contributed by atoms with Crippen molar-refractivity contribution in [2.75, 3.05) is 18.3 Å². The Morgan fingerprint density at radius 3 is 2.86 bits per heavy atom. The minimum absolute atomic E-state index is 0.100. The number of halogens is 1. The molecule has 1 aromatic heterocycles. The number of aromatic nitrogens is 2. The number of alkyl halides is 1. The lowest BCUT2D eigenvalue weighted by molar-refractivity contribution is -0.116. The predicted octanol–water partition coefficient (Wildman–Crippen LogP) is 2.10. The number of anilines is 1. The monoisotopic (exact) mass is 325 g/mol. The summed E-state index contributed by atoms with van der Waals surface area (Å²) in [5, 5.41) is 6.69. The largest absolute Gasteiger partial charge is 0.452 e. The van der Waals surface area contributed by atoms with Crippen LogP contribution in [0.5, 0.6) is 6.08 Å². The third-order valence-corrected chi connectivity index (χ3v) is 3.24. The number of hydrogen-bond acceptors (Lipinski definition) is 5. The molecule has 0 saturated carbocycles. The highest BCUT2D eigenvalue weighted by Gasteiger charge is 2.12. The van der Waals surface area contributed by atoms with Crippen LogP contribution >= 0.6 is 11.6 Å². The fourth-order valence-electron chi connectivity index (χ4n) is 1.87. The van der Waals surface area contributed by atoms with Crippen molar-refractivity contribution in [1.82, 2.24) is 9.78 Å². The molecule has 0 aliphatic rings. The molecule has 0 spiro atoms. The van der Waals surface area contributed by atoms with Crippen molar-refractivity contribution in [2.24, 2.45) is 0 Å². The Balaban J connectivity index is 2.20. The van der Waals surface area contributed by atoms with E-state index >= 15 is 0 Å². The molecule has 1 heterocycles. The fraction of sp³-hybridized carbons (Fsp3) is 0.357. The number of ether oxygens (including phenoxy) is 1. The summed E-state index contributed by atoms with van der Waals surface area (Å²) >= 11 is 5.56. The summed E-state index contributed by atoms with van der Waals surface area (Å²) in [6.07, 6.45) is 0.879. The molecule has 2 aromatic rings. The van der Waals surface area contributed by atoms with Gasteiger partial charge in [0.25, 0.3) is 0 Å². The first-order valence-electron chi connectivity index (χ1n) is 6.66. The molecule has 1 aromatic carbocycles. The second-order valence-electron chi connectivity index (χ2n) is 4.59. The Morgan fingerprint density at radius 1 is 1.50 bits per heavy atom. The van der Waals surface area contributed by atoms with Crippen molar-refractivity contribution in [3.63, 3.8) is 0 Å². The van der Waals surface area contributed by atoms with Gasteiger partial charge in [-0.15, -0.1) is 11.6 Å². The average molecular weight is 326 g/mol. The van der Waals surface area contributed by atoms with E-state index in [9.17, 15) is 9.59 Å². The number of benzene rings is 1. The van der Waals surface area contributed by atoms with E-state index in [-0.39, 0.29) is 12.0 Å². The minimum Gasteiger partial charge on any atom is -0.452 e. The molecule has 22 heavy (non-hydrogen) atoms. The smallest absolute Gasteiger partial charge is 0.444 e. The van der Waals surface area contributed by atoms with Crippen LogP contribution in [0.1, 0.15) is 18.4 Å². The van der Waals surface area contributed by atoms with Crippen molar-refractivity contribution in [3.05, 3.63) is 34.3 Å². The fourth-order valence-corrected chi connectivity index (χ4v) is 2.00. The SMILES string of the molecule is COc1nn(-c2ccc(NC(=O)CCCCl)c(C)c2)c(=O)o1. The van der Waals surface area contributed by atoms with E-state index in [1.54, 1.807) is 18.2 Å². The Hall–Kier alpha value is -2.28. The Morgan fingerprint density at radius 2 is 2.27 bits per heavy atom. The molecule has 8 heteroatoms. The summed E-state index contributed by atoms with van der Waals surface area (Å²) in [5.41, 5.74) is 1.99. The highest BCUT2D eigenvalue weighted by Crippen LogP contribution is 2.19. The number of hydrogen-bond donors (Lipinski definition) is 1. The van der Waals surface area contributed by atoms with Gasteiger partial charge in [0.15, 0.2) is 0 Å². The van der Waals surface area contributed by atoms with E-state index in [0.29, 0.717) is 30.1 Å². The number of methoxy groups -OCH3 is 1. The minimum atomic E-state index is -0.643. The molecule has 0 aliphatic heterocycles. The van der Waals surface area contributed by atoms with Crippen LogP contribution in [0, 0.1) is 6.92 Å². The molecule has 2 rings (SSSR count). The number of rotatable bonds is 6. The summed E-state index contributed by atoms with van der Waals surface area (Å²) in [6.45, 7) is 1.82. The number of amides is 1. The molecule has 118 valence electrons. The van der Waals surface area contributed by atoms with Crippen molar-refractivity contribution >= 4 is 23.2 Å². The molecule has 7 nitrogen and oxygen atoms in total. The molecule has 0 radical (unpaired) electrons. The van der Waals surface area contributed by atoms with E-state index < -0.39 is 5.76 Å². The lowest BCUT2D eigenvalue weighted by Gasteiger charge is -2.09. The van der Waals surface area contributed by atoms with Gasteiger partial charge in [-0.05, 0) is 37.1 Å². The molecular formula is C14H16ClN3O4. The van der Waals surface area contributed by atoms with Gasteiger partial charge in [0.1, 0.15) is 0 Å². The number of nitrogens with zero attached hydrogens (tertiary/aromatic N) is 2. The zero-order valence-electron chi connectivity index (χ0n) is 12.3. The third kappa shape index (κ3) is 3.67. The summed E-state index contributed by atoms with van der Waals surface area (Å²) in [7, 11) is 1.36. The Kier molecular flexibility index (Phi) is 5.21. The van der Waals surface area contributed by atoms with E-state index in [1.807, 2.05) is 6.92 Å². The quantitative estimate of drug-likeness (QED) is 0.822. The first-order valence-corrected chi connectivity index (χ1v) is 7.19. The van der Waals surface area contributed by atoms with Crippen LogP contribution in [0.4, 0.5) is 5.69 Å². The number of aryl methyl sites for hydroxylation is 1. The van der Waals surface area contributed by atoms with Gasteiger partial charge < -0.3 is 14.5 Å². The predicted molar refractivity (Wildman–Crippen MR) is 82.0 cm³/mol. The summed E-state index contributed by atoms with van der Waals surface area (Å²) in [6, 6.07) is 5.09. The molecule has 0 bridgehead atoms. The molecule has 0 unspecified atom stereocenters. The van der Waals surface area contributed by atoms with E-state index in [0.717, 1.165) is 10.2 Å². The highest BCUT2D eigenvalue weighted by molar-refractivity contribution is 6.18. The average Bonchev–Trinajstić information content (AvgIpc) is 2.88. The van der Waals surface area contributed by atoms with E-state index in [1.165, 1.54) is 7.11 Å². The van der Waals surface area contributed by atoms with Crippen LogP contribution < -0.4 is 15.8 Å². The first-order chi connectivity index (χ1) is 10.5. The Labute approximate surface area is 131 Å².